The maximum Gasteiger partial charge on any atom is 0.335 e. The number of anilines is 1. The number of carbonyl (C=O) groups excluding carboxylic acids is 1. The first-order chi connectivity index (χ1) is 9.77. The quantitative estimate of drug-likeness (QED) is 0.798. The summed E-state index contributed by atoms with van der Waals surface area (Å²) < 4.78 is 0. The minimum atomic E-state index is -1.15. The van der Waals surface area contributed by atoms with E-state index in [-0.39, 0.29) is 27.3 Å². The third-order valence-electron chi connectivity index (χ3n) is 2.73. The summed E-state index contributed by atoms with van der Waals surface area (Å²) >= 11 is 12.0. The third kappa shape index (κ3) is 4.37. The summed E-state index contributed by atoms with van der Waals surface area (Å²) in [5, 5.41) is 11.6. The van der Waals surface area contributed by atoms with Crippen molar-refractivity contribution >= 4 is 40.9 Å². The van der Waals surface area contributed by atoms with Crippen LogP contribution in [-0.4, -0.2) is 34.6 Å². The van der Waals surface area contributed by atoms with E-state index in [0.717, 1.165) is 0 Å². The predicted octanol–water partition coefficient (Wildman–Crippen LogP) is 4.12. The van der Waals surface area contributed by atoms with Crippen LogP contribution in [0, 0.1) is 0 Å². The molecule has 0 saturated heterocycles. The second-order valence-corrected chi connectivity index (χ2v) is 5.40. The van der Waals surface area contributed by atoms with Crippen LogP contribution in [0.1, 0.15) is 24.2 Å². The summed E-state index contributed by atoms with van der Waals surface area (Å²) in [4.78, 5) is 24.6. The maximum absolute atomic E-state index is 12.2. The van der Waals surface area contributed by atoms with Crippen LogP contribution in [0.3, 0.4) is 0 Å². The summed E-state index contributed by atoms with van der Waals surface area (Å²) in [7, 11) is 0. The van der Waals surface area contributed by atoms with Gasteiger partial charge in [0.1, 0.15) is 0 Å². The van der Waals surface area contributed by atoms with Crippen LogP contribution in [0.25, 0.3) is 0 Å². The molecule has 0 atom stereocenters. The zero-order valence-electron chi connectivity index (χ0n) is 11.7. The van der Waals surface area contributed by atoms with Crippen molar-refractivity contribution in [3.8, 4) is 0 Å². The fourth-order valence-corrected chi connectivity index (χ4v) is 2.24. The molecule has 0 aliphatic rings. The second-order valence-electron chi connectivity index (χ2n) is 4.58. The number of carbonyl (C=O) groups is 2. The lowest BCUT2D eigenvalue weighted by Crippen LogP contribution is -2.40. The number of halogens is 2. The van der Waals surface area contributed by atoms with Crippen molar-refractivity contribution < 1.29 is 14.7 Å². The zero-order chi connectivity index (χ0) is 16.2. The van der Waals surface area contributed by atoms with E-state index in [1.807, 2.05) is 13.8 Å². The maximum atomic E-state index is 12.2. The van der Waals surface area contributed by atoms with Crippen LogP contribution in [0.4, 0.5) is 10.5 Å². The van der Waals surface area contributed by atoms with Gasteiger partial charge in [0.05, 0.1) is 21.3 Å². The van der Waals surface area contributed by atoms with Gasteiger partial charge < -0.3 is 15.3 Å². The Balaban J connectivity index is 3.05. The Morgan fingerprint density at radius 1 is 1.38 bits per heavy atom. The molecular formula is C14H16Cl2N2O3. The van der Waals surface area contributed by atoms with Crippen LogP contribution in [0.15, 0.2) is 24.8 Å². The molecule has 1 aromatic rings. The molecule has 21 heavy (non-hydrogen) atoms. The fourth-order valence-electron chi connectivity index (χ4n) is 1.66. The van der Waals surface area contributed by atoms with Crippen molar-refractivity contribution in [2.24, 2.45) is 0 Å². The lowest BCUT2D eigenvalue weighted by Gasteiger charge is -2.26. The standard InChI is InChI=1S/C14H16Cl2N2O3/c1-4-5-18(8(2)3)14(21)17-12-10(15)6-9(13(19)20)7-11(12)16/h4,6-8H,1,5H2,2-3H3,(H,17,21)(H,19,20). The fraction of sp³-hybridized carbons (Fsp3) is 0.286. The molecule has 1 aromatic carbocycles. The average Bonchev–Trinajstić information content (AvgIpc) is 2.39. The molecular weight excluding hydrogens is 315 g/mol. The summed E-state index contributed by atoms with van der Waals surface area (Å²) in [6.45, 7) is 7.69. The van der Waals surface area contributed by atoms with Crippen LogP contribution >= 0.6 is 23.2 Å². The zero-order valence-corrected chi connectivity index (χ0v) is 13.2. The van der Waals surface area contributed by atoms with Gasteiger partial charge in [0.2, 0.25) is 0 Å². The molecule has 0 spiro atoms. The van der Waals surface area contributed by atoms with Gasteiger partial charge in [-0.15, -0.1) is 6.58 Å². The smallest absolute Gasteiger partial charge is 0.335 e. The molecule has 0 unspecified atom stereocenters. The SMILES string of the molecule is C=CCN(C(=O)Nc1c(Cl)cc(C(=O)O)cc1Cl)C(C)C. The molecule has 2 N–H and O–H groups in total. The first kappa shape index (κ1) is 17.3. The number of urea groups is 1. The molecule has 0 aliphatic carbocycles. The highest BCUT2D eigenvalue weighted by molar-refractivity contribution is 6.40. The molecule has 1 rings (SSSR count). The van der Waals surface area contributed by atoms with Crippen molar-refractivity contribution in [1.82, 2.24) is 4.90 Å². The van der Waals surface area contributed by atoms with Crippen molar-refractivity contribution in [2.75, 3.05) is 11.9 Å². The van der Waals surface area contributed by atoms with Gasteiger partial charge in [0.25, 0.3) is 0 Å². The van der Waals surface area contributed by atoms with Crippen molar-refractivity contribution in [3.63, 3.8) is 0 Å². The van der Waals surface area contributed by atoms with Crippen LogP contribution in [-0.2, 0) is 0 Å². The topological polar surface area (TPSA) is 69.6 Å². The van der Waals surface area contributed by atoms with E-state index in [4.69, 9.17) is 28.3 Å². The molecule has 2 amide bonds. The number of nitrogens with zero attached hydrogens (tertiary/aromatic N) is 1. The van der Waals surface area contributed by atoms with E-state index < -0.39 is 12.0 Å². The molecule has 0 radical (unpaired) electrons. The summed E-state index contributed by atoms with van der Waals surface area (Å²) in [6, 6.07) is 2.03. The molecule has 0 heterocycles. The van der Waals surface area contributed by atoms with Crippen molar-refractivity contribution in [2.45, 2.75) is 19.9 Å². The summed E-state index contributed by atoms with van der Waals surface area (Å²) in [5.41, 5.74) is 0.137. The first-order valence-corrected chi connectivity index (χ1v) is 6.94. The molecule has 0 saturated carbocycles. The molecule has 0 aliphatic heterocycles. The van der Waals surface area contributed by atoms with Gasteiger partial charge in [-0.2, -0.15) is 0 Å². The number of benzene rings is 1. The van der Waals surface area contributed by atoms with E-state index in [0.29, 0.717) is 6.54 Å². The van der Waals surface area contributed by atoms with Gasteiger partial charge in [-0.05, 0) is 26.0 Å². The minimum Gasteiger partial charge on any atom is -0.478 e. The summed E-state index contributed by atoms with van der Waals surface area (Å²) in [5.74, 6) is -1.15. The second kappa shape index (κ2) is 7.33. The van der Waals surface area contributed by atoms with E-state index >= 15 is 0 Å². The highest BCUT2D eigenvalue weighted by Gasteiger charge is 2.19. The average molecular weight is 331 g/mol. The Morgan fingerprint density at radius 3 is 2.29 bits per heavy atom. The Bertz CT molecular complexity index is 550. The summed E-state index contributed by atoms with van der Waals surface area (Å²) in [6.07, 6.45) is 1.61. The number of hydrogen-bond donors (Lipinski definition) is 2. The molecule has 0 aromatic heterocycles. The monoisotopic (exact) mass is 330 g/mol. The molecule has 5 nitrogen and oxygen atoms in total. The number of nitrogens with one attached hydrogen (secondary N) is 1. The Labute approximate surface area is 133 Å². The van der Waals surface area contributed by atoms with E-state index in [1.54, 1.807) is 6.08 Å². The molecule has 0 fully saturated rings. The third-order valence-corrected chi connectivity index (χ3v) is 3.33. The highest BCUT2D eigenvalue weighted by Crippen LogP contribution is 2.32. The van der Waals surface area contributed by atoms with Gasteiger partial charge >= 0.3 is 12.0 Å². The molecule has 114 valence electrons. The van der Waals surface area contributed by atoms with Crippen molar-refractivity contribution in [3.05, 3.63) is 40.4 Å². The van der Waals surface area contributed by atoms with Crippen LogP contribution in [0.2, 0.25) is 10.0 Å². The molecule has 7 heteroatoms. The van der Waals surface area contributed by atoms with Gasteiger partial charge in [-0.25, -0.2) is 9.59 Å². The molecule has 0 bridgehead atoms. The number of carboxylic acid groups (broad SMARTS) is 1. The first-order valence-electron chi connectivity index (χ1n) is 6.18. The number of carboxylic acids is 1. The van der Waals surface area contributed by atoms with Crippen LogP contribution in [0.5, 0.6) is 0 Å². The predicted molar refractivity (Wildman–Crippen MR) is 84.5 cm³/mol. The minimum absolute atomic E-state index is 0.0427. The lowest BCUT2D eigenvalue weighted by atomic mass is 10.2. The Kier molecular flexibility index (Phi) is 6.05. The highest BCUT2D eigenvalue weighted by atomic mass is 35.5. The number of aromatic carboxylic acids is 1. The lowest BCUT2D eigenvalue weighted by molar-refractivity contribution is 0.0697. The van der Waals surface area contributed by atoms with E-state index in [2.05, 4.69) is 11.9 Å². The van der Waals surface area contributed by atoms with E-state index in [9.17, 15) is 9.59 Å². The van der Waals surface area contributed by atoms with Crippen molar-refractivity contribution in [1.29, 1.82) is 0 Å². The van der Waals surface area contributed by atoms with Gasteiger partial charge in [-0.1, -0.05) is 29.3 Å². The Hall–Kier alpha value is -1.72. The van der Waals surface area contributed by atoms with Gasteiger partial charge in [-0.3, -0.25) is 0 Å². The number of amides is 2. The van der Waals surface area contributed by atoms with Gasteiger partial charge in [0, 0.05) is 12.6 Å². The number of hydrogen-bond acceptors (Lipinski definition) is 2. The van der Waals surface area contributed by atoms with Gasteiger partial charge in [0.15, 0.2) is 0 Å². The van der Waals surface area contributed by atoms with E-state index in [1.165, 1.54) is 17.0 Å². The van der Waals surface area contributed by atoms with Crippen LogP contribution < -0.4 is 5.32 Å². The Morgan fingerprint density at radius 2 is 1.90 bits per heavy atom. The number of rotatable bonds is 5. The largest absolute Gasteiger partial charge is 0.478 e. The normalized spacial score (nSPS) is 10.3.